The molecule has 0 atom stereocenters. The summed E-state index contributed by atoms with van der Waals surface area (Å²) in [6.45, 7) is 0. The van der Waals surface area contributed by atoms with Crippen LogP contribution in [0.15, 0.2) is 121 Å². The summed E-state index contributed by atoms with van der Waals surface area (Å²) >= 11 is 0. The first kappa shape index (κ1) is 36.1. The molecule has 0 heterocycles. The minimum absolute atomic E-state index is 0. The number of hydrogen-bond acceptors (Lipinski definition) is 8. The van der Waals surface area contributed by atoms with Gasteiger partial charge in [-0.2, -0.15) is 0 Å². The Kier molecular flexibility index (Phi) is 20.0. The van der Waals surface area contributed by atoms with E-state index in [0.717, 1.165) is 0 Å². The standard InChI is InChI=1S/4C7H6O2.Cu.Zn/c4*8-7(9)6-4-2-1-3-5-6;;/h4*1-5H,(H,8,9);;/q;;;;2*+2/p-4. The van der Waals surface area contributed by atoms with Gasteiger partial charge in [0.05, 0.1) is 23.9 Å². The van der Waals surface area contributed by atoms with Gasteiger partial charge in [-0.05, 0) is 22.3 Å². The molecular weight excluding hydrogens is 593 g/mol. The Morgan fingerprint density at radius 3 is 0.553 bits per heavy atom. The fourth-order valence-corrected chi connectivity index (χ4v) is 2.30. The second kappa shape index (κ2) is 21.0. The SMILES string of the molecule is O=C([O-])c1ccccc1.O=C([O-])c1ccccc1.O=C([O-])c1ccccc1.O=C([O-])c1ccccc1.[Cu+2].[Zn+2]. The van der Waals surface area contributed by atoms with Crippen molar-refractivity contribution in [2.45, 2.75) is 0 Å². The molecule has 1 radical (unpaired) electrons. The molecule has 0 aliphatic heterocycles. The topological polar surface area (TPSA) is 161 Å². The van der Waals surface area contributed by atoms with Crippen molar-refractivity contribution in [3.63, 3.8) is 0 Å². The number of aromatic carboxylic acids is 4. The van der Waals surface area contributed by atoms with E-state index >= 15 is 0 Å². The van der Waals surface area contributed by atoms with E-state index in [1.165, 1.54) is 48.5 Å². The minimum atomic E-state index is -1.13. The summed E-state index contributed by atoms with van der Waals surface area (Å²) in [5.41, 5.74) is 0.880. The summed E-state index contributed by atoms with van der Waals surface area (Å²) in [5.74, 6) is -4.52. The van der Waals surface area contributed by atoms with Crippen molar-refractivity contribution in [3.8, 4) is 0 Å². The average Bonchev–Trinajstić information content (AvgIpc) is 2.92. The van der Waals surface area contributed by atoms with Crippen LogP contribution in [0.3, 0.4) is 0 Å². The van der Waals surface area contributed by atoms with Crippen LogP contribution >= 0.6 is 0 Å². The molecule has 0 saturated carbocycles. The molecule has 4 aromatic rings. The van der Waals surface area contributed by atoms with Crippen LogP contribution in [0.1, 0.15) is 41.4 Å². The van der Waals surface area contributed by atoms with Gasteiger partial charge < -0.3 is 39.6 Å². The third-order valence-electron chi connectivity index (χ3n) is 4.04. The molecule has 0 bridgehead atoms. The number of benzene rings is 4. The Labute approximate surface area is 242 Å². The van der Waals surface area contributed by atoms with Gasteiger partial charge in [-0.3, -0.25) is 0 Å². The van der Waals surface area contributed by atoms with Crippen molar-refractivity contribution in [1.29, 1.82) is 0 Å². The first-order valence-electron chi connectivity index (χ1n) is 10.3. The molecule has 4 rings (SSSR count). The number of carboxylic acid groups (broad SMARTS) is 4. The van der Waals surface area contributed by atoms with Gasteiger partial charge in [0.15, 0.2) is 0 Å². The normalized spacial score (nSPS) is 8.42. The molecule has 0 fully saturated rings. The van der Waals surface area contributed by atoms with E-state index in [4.69, 9.17) is 0 Å². The van der Waals surface area contributed by atoms with Crippen molar-refractivity contribution in [2.24, 2.45) is 0 Å². The molecule has 0 aliphatic carbocycles. The third-order valence-corrected chi connectivity index (χ3v) is 4.04. The van der Waals surface area contributed by atoms with E-state index in [9.17, 15) is 39.6 Å². The van der Waals surface area contributed by atoms with Crippen LogP contribution in [0.2, 0.25) is 0 Å². The van der Waals surface area contributed by atoms with Crippen molar-refractivity contribution >= 4 is 23.9 Å². The van der Waals surface area contributed by atoms with Crippen molar-refractivity contribution in [3.05, 3.63) is 144 Å². The number of carboxylic acids is 4. The van der Waals surface area contributed by atoms with Gasteiger partial charge >= 0.3 is 36.5 Å². The van der Waals surface area contributed by atoms with Gasteiger partial charge in [0, 0.05) is 0 Å². The van der Waals surface area contributed by atoms with Gasteiger partial charge in [0.1, 0.15) is 0 Å². The predicted molar refractivity (Wildman–Crippen MR) is 123 cm³/mol. The molecule has 193 valence electrons. The maximum Gasteiger partial charge on any atom is 2.00 e. The van der Waals surface area contributed by atoms with E-state index in [1.54, 1.807) is 72.8 Å². The summed E-state index contributed by atoms with van der Waals surface area (Å²) < 4.78 is 0. The van der Waals surface area contributed by atoms with E-state index in [2.05, 4.69) is 0 Å². The van der Waals surface area contributed by atoms with Crippen LogP contribution in [-0.2, 0) is 36.5 Å². The monoisotopic (exact) mass is 611 g/mol. The van der Waals surface area contributed by atoms with Crippen LogP contribution in [0, 0.1) is 0 Å². The third kappa shape index (κ3) is 15.8. The first-order valence-corrected chi connectivity index (χ1v) is 10.3. The molecular formula is C28H20CuO8Zn. The maximum absolute atomic E-state index is 10.1. The van der Waals surface area contributed by atoms with Crippen LogP contribution in [0.4, 0.5) is 0 Å². The molecule has 0 amide bonds. The van der Waals surface area contributed by atoms with Crippen LogP contribution in [-0.4, -0.2) is 23.9 Å². The van der Waals surface area contributed by atoms with Gasteiger partial charge in [0.2, 0.25) is 0 Å². The molecule has 10 heteroatoms. The Hall–Kier alpha value is -4.10. The first-order chi connectivity index (χ1) is 17.2. The summed E-state index contributed by atoms with van der Waals surface area (Å²) in [5, 5.41) is 40.4. The molecule has 8 nitrogen and oxygen atoms in total. The van der Waals surface area contributed by atoms with Crippen molar-refractivity contribution in [2.75, 3.05) is 0 Å². The molecule has 0 spiro atoms. The number of carbonyl (C=O) groups excluding carboxylic acids is 4. The second-order valence-electron chi connectivity index (χ2n) is 6.61. The van der Waals surface area contributed by atoms with Crippen LogP contribution < -0.4 is 20.4 Å². The fourth-order valence-electron chi connectivity index (χ4n) is 2.30. The van der Waals surface area contributed by atoms with E-state index < -0.39 is 23.9 Å². The Bertz CT molecular complexity index is 1020. The Morgan fingerprint density at radius 2 is 0.474 bits per heavy atom. The van der Waals surface area contributed by atoms with E-state index in [-0.39, 0.29) is 58.8 Å². The molecule has 0 aromatic heterocycles. The largest absolute Gasteiger partial charge is 2.00 e. The van der Waals surface area contributed by atoms with Crippen molar-refractivity contribution < 1.29 is 76.2 Å². The minimum Gasteiger partial charge on any atom is -0.545 e. The Balaban J connectivity index is 0. The molecule has 0 N–H and O–H groups in total. The molecule has 38 heavy (non-hydrogen) atoms. The predicted octanol–water partition coefficient (Wildman–Crippen LogP) is 0.195. The smallest absolute Gasteiger partial charge is 0.545 e. The van der Waals surface area contributed by atoms with Gasteiger partial charge in [0.25, 0.3) is 0 Å². The number of carbonyl (C=O) groups is 4. The van der Waals surface area contributed by atoms with Crippen molar-refractivity contribution in [1.82, 2.24) is 0 Å². The quantitative estimate of drug-likeness (QED) is 0.295. The maximum atomic E-state index is 10.1. The molecule has 0 saturated heterocycles. The zero-order valence-corrected chi connectivity index (χ0v) is 23.7. The van der Waals surface area contributed by atoms with Gasteiger partial charge in [-0.25, -0.2) is 0 Å². The summed E-state index contributed by atoms with van der Waals surface area (Å²) in [4.78, 5) is 40.4. The zero-order chi connectivity index (χ0) is 26.8. The van der Waals surface area contributed by atoms with Crippen LogP contribution in [0.25, 0.3) is 0 Å². The second-order valence-corrected chi connectivity index (χ2v) is 6.61. The molecule has 4 aromatic carbocycles. The zero-order valence-electron chi connectivity index (χ0n) is 19.8. The van der Waals surface area contributed by atoms with Gasteiger partial charge in [-0.1, -0.05) is 121 Å². The number of rotatable bonds is 4. The summed E-state index contributed by atoms with van der Waals surface area (Å²) in [6, 6.07) is 32.3. The Morgan fingerprint density at radius 1 is 0.342 bits per heavy atom. The number of hydrogen-bond donors (Lipinski definition) is 0. The fraction of sp³-hybridized carbons (Fsp3) is 0. The van der Waals surface area contributed by atoms with E-state index in [1.807, 2.05) is 0 Å². The van der Waals surface area contributed by atoms with E-state index in [0.29, 0.717) is 0 Å². The van der Waals surface area contributed by atoms with Gasteiger partial charge in [-0.15, -0.1) is 0 Å². The summed E-state index contributed by atoms with van der Waals surface area (Å²) in [6.07, 6.45) is 0. The van der Waals surface area contributed by atoms with Crippen LogP contribution in [0.5, 0.6) is 0 Å². The molecule has 0 unspecified atom stereocenters. The average molecular weight is 613 g/mol. The summed E-state index contributed by atoms with van der Waals surface area (Å²) in [7, 11) is 0. The molecule has 0 aliphatic rings.